The maximum absolute atomic E-state index is 12.5. The van der Waals surface area contributed by atoms with Crippen molar-refractivity contribution in [3.05, 3.63) is 48.0 Å². The van der Waals surface area contributed by atoms with Crippen molar-refractivity contribution in [3.8, 4) is 0 Å². The SMILES string of the molecule is O=C(CN1C(=O)[C@H]2CC=CC[C@H]2C1=O)N1CCC(c2ccccc2)=N1. The molecule has 6 heteroatoms. The number of allylic oxidation sites excluding steroid dienone is 2. The summed E-state index contributed by atoms with van der Waals surface area (Å²) in [5.74, 6) is -1.35. The second-order valence-electron chi connectivity index (χ2n) is 6.60. The van der Waals surface area contributed by atoms with Gasteiger partial charge >= 0.3 is 0 Å². The highest BCUT2D eigenvalue weighted by atomic mass is 16.2. The molecule has 2 heterocycles. The number of hydrogen-bond acceptors (Lipinski definition) is 4. The Balaban J connectivity index is 1.45. The number of carbonyl (C=O) groups is 3. The number of carbonyl (C=O) groups excluding carboxylic acids is 3. The Morgan fingerprint density at radius 1 is 1.04 bits per heavy atom. The van der Waals surface area contributed by atoms with Gasteiger partial charge in [-0.2, -0.15) is 5.10 Å². The summed E-state index contributed by atoms with van der Waals surface area (Å²) < 4.78 is 0. The molecule has 6 nitrogen and oxygen atoms in total. The van der Waals surface area contributed by atoms with E-state index in [1.807, 2.05) is 42.5 Å². The maximum Gasteiger partial charge on any atom is 0.262 e. The number of nitrogens with zero attached hydrogens (tertiary/aromatic N) is 3. The molecule has 1 fully saturated rings. The lowest BCUT2D eigenvalue weighted by atomic mass is 9.85. The number of likely N-dealkylation sites (tertiary alicyclic amines) is 1. The molecule has 1 aliphatic carbocycles. The quantitative estimate of drug-likeness (QED) is 0.621. The average molecular weight is 337 g/mol. The van der Waals surface area contributed by atoms with E-state index in [9.17, 15) is 14.4 Å². The minimum Gasteiger partial charge on any atom is -0.274 e. The third-order valence-electron chi connectivity index (χ3n) is 5.09. The highest BCUT2D eigenvalue weighted by Crippen LogP contribution is 2.35. The van der Waals surface area contributed by atoms with E-state index in [0.717, 1.165) is 16.2 Å². The molecule has 0 saturated carbocycles. The van der Waals surface area contributed by atoms with Crippen LogP contribution in [0, 0.1) is 11.8 Å². The first kappa shape index (κ1) is 15.7. The van der Waals surface area contributed by atoms with Crippen LogP contribution in [0.25, 0.3) is 0 Å². The predicted octanol–water partition coefficient (Wildman–Crippen LogP) is 1.57. The Hall–Kier alpha value is -2.76. The molecule has 0 spiro atoms. The molecule has 0 N–H and O–H groups in total. The van der Waals surface area contributed by atoms with Gasteiger partial charge in [-0.05, 0) is 18.4 Å². The van der Waals surface area contributed by atoms with Crippen molar-refractivity contribution in [1.82, 2.24) is 9.91 Å². The van der Waals surface area contributed by atoms with Crippen molar-refractivity contribution >= 4 is 23.4 Å². The van der Waals surface area contributed by atoms with Gasteiger partial charge in [0.2, 0.25) is 11.8 Å². The minimum atomic E-state index is -0.306. The van der Waals surface area contributed by atoms with Gasteiger partial charge in [0.15, 0.2) is 0 Å². The molecular weight excluding hydrogens is 318 g/mol. The van der Waals surface area contributed by atoms with E-state index in [1.165, 1.54) is 5.01 Å². The molecule has 0 bridgehead atoms. The molecule has 3 aliphatic rings. The van der Waals surface area contributed by atoms with Crippen molar-refractivity contribution in [3.63, 3.8) is 0 Å². The summed E-state index contributed by atoms with van der Waals surface area (Å²) >= 11 is 0. The Morgan fingerprint density at radius 2 is 1.68 bits per heavy atom. The zero-order chi connectivity index (χ0) is 17.4. The number of hydrogen-bond donors (Lipinski definition) is 0. The number of imide groups is 1. The predicted molar refractivity (Wildman–Crippen MR) is 91.4 cm³/mol. The zero-order valence-corrected chi connectivity index (χ0v) is 13.8. The molecule has 128 valence electrons. The van der Waals surface area contributed by atoms with Crippen LogP contribution in [0.4, 0.5) is 0 Å². The molecule has 1 aromatic rings. The molecule has 4 rings (SSSR count). The van der Waals surface area contributed by atoms with Crippen LogP contribution in [0.2, 0.25) is 0 Å². The zero-order valence-electron chi connectivity index (χ0n) is 13.8. The fourth-order valence-corrected chi connectivity index (χ4v) is 3.71. The second-order valence-corrected chi connectivity index (χ2v) is 6.60. The first-order valence-electron chi connectivity index (χ1n) is 8.58. The Bertz CT molecular complexity index is 758. The van der Waals surface area contributed by atoms with Crippen LogP contribution in [-0.4, -0.2) is 46.4 Å². The van der Waals surface area contributed by atoms with Gasteiger partial charge in [-0.1, -0.05) is 42.5 Å². The third kappa shape index (κ3) is 2.77. The van der Waals surface area contributed by atoms with Gasteiger partial charge in [0.1, 0.15) is 6.54 Å². The molecule has 0 aromatic heterocycles. The van der Waals surface area contributed by atoms with Gasteiger partial charge in [0, 0.05) is 6.42 Å². The lowest BCUT2D eigenvalue weighted by Crippen LogP contribution is -2.40. The van der Waals surface area contributed by atoms with Crippen molar-refractivity contribution < 1.29 is 14.4 Å². The minimum absolute atomic E-state index is 0.212. The molecule has 1 aromatic carbocycles. The van der Waals surface area contributed by atoms with Crippen LogP contribution in [0.1, 0.15) is 24.8 Å². The lowest BCUT2D eigenvalue weighted by Gasteiger charge is -2.17. The molecule has 25 heavy (non-hydrogen) atoms. The Labute approximate surface area is 145 Å². The van der Waals surface area contributed by atoms with Gasteiger partial charge in [-0.3, -0.25) is 19.3 Å². The summed E-state index contributed by atoms with van der Waals surface area (Å²) in [7, 11) is 0. The summed E-state index contributed by atoms with van der Waals surface area (Å²) in [6.45, 7) is 0.268. The van der Waals surface area contributed by atoms with E-state index >= 15 is 0 Å². The van der Waals surface area contributed by atoms with Crippen molar-refractivity contribution in [2.45, 2.75) is 19.3 Å². The molecule has 2 atom stereocenters. The summed E-state index contributed by atoms with van der Waals surface area (Å²) in [6.07, 6.45) is 5.72. The van der Waals surface area contributed by atoms with E-state index in [0.29, 0.717) is 25.8 Å². The van der Waals surface area contributed by atoms with Crippen LogP contribution in [-0.2, 0) is 14.4 Å². The Kier molecular flexibility index (Phi) is 3.95. The number of benzene rings is 1. The molecule has 0 unspecified atom stereocenters. The van der Waals surface area contributed by atoms with E-state index in [4.69, 9.17) is 0 Å². The van der Waals surface area contributed by atoms with Gasteiger partial charge in [0.05, 0.1) is 24.1 Å². The van der Waals surface area contributed by atoms with Crippen LogP contribution < -0.4 is 0 Å². The van der Waals surface area contributed by atoms with Crippen molar-refractivity contribution in [1.29, 1.82) is 0 Å². The van der Waals surface area contributed by atoms with E-state index < -0.39 is 0 Å². The number of fused-ring (bicyclic) bond motifs is 1. The van der Waals surface area contributed by atoms with Crippen LogP contribution >= 0.6 is 0 Å². The van der Waals surface area contributed by atoms with Crippen LogP contribution in [0.5, 0.6) is 0 Å². The van der Waals surface area contributed by atoms with Gasteiger partial charge in [-0.25, -0.2) is 5.01 Å². The van der Waals surface area contributed by atoms with Gasteiger partial charge in [0.25, 0.3) is 5.91 Å². The number of rotatable bonds is 3. The summed E-state index contributed by atoms with van der Waals surface area (Å²) in [5, 5.41) is 5.76. The van der Waals surface area contributed by atoms with Crippen molar-refractivity contribution in [2.75, 3.05) is 13.1 Å². The largest absolute Gasteiger partial charge is 0.274 e. The summed E-state index contributed by atoms with van der Waals surface area (Å²) in [6, 6.07) is 9.70. The number of amides is 3. The highest BCUT2D eigenvalue weighted by Gasteiger charge is 2.48. The topological polar surface area (TPSA) is 70.1 Å². The highest BCUT2D eigenvalue weighted by molar-refractivity contribution is 6.08. The van der Waals surface area contributed by atoms with E-state index in [1.54, 1.807) is 0 Å². The summed E-state index contributed by atoms with van der Waals surface area (Å²) in [4.78, 5) is 38.6. The molecule has 2 aliphatic heterocycles. The molecule has 3 amide bonds. The molecular formula is C19H19N3O3. The van der Waals surface area contributed by atoms with Gasteiger partial charge < -0.3 is 0 Å². The lowest BCUT2D eigenvalue weighted by molar-refractivity contribution is -0.146. The maximum atomic E-state index is 12.5. The van der Waals surface area contributed by atoms with Crippen molar-refractivity contribution in [2.24, 2.45) is 16.9 Å². The van der Waals surface area contributed by atoms with E-state index in [2.05, 4.69) is 5.10 Å². The van der Waals surface area contributed by atoms with Gasteiger partial charge in [-0.15, -0.1) is 0 Å². The van der Waals surface area contributed by atoms with Crippen LogP contribution in [0.3, 0.4) is 0 Å². The smallest absolute Gasteiger partial charge is 0.262 e. The monoisotopic (exact) mass is 337 g/mol. The fourth-order valence-electron chi connectivity index (χ4n) is 3.71. The normalized spacial score (nSPS) is 25.4. The standard InChI is InChI=1S/C19H19N3O3/c23-17(22-11-10-16(20-22)13-6-2-1-3-7-13)12-21-18(24)14-8-4-5-9-15(14)19(21)25/h1-7,14-15H,8-12H2/t14-,15+. The fraction of sp³-hybridized carbons (Fsp3) is 0.368. The summed E-state index contributed by atoms with van der Waals surface area (Å²) in [5.41, 5.74) is 1.84. The average Bonchev–Trinajstić information content (AvgIpc) is 3.23. The first-order chi connectivity index (χ1) is 12.1. The number of hydrazone groups is 1. The second kappa shape index (κ2) is 6.27. The molecule has 1 saturated heterocycles. The molecule has 0 radical (unpaired) electrons. The van der Waals surface area contributed by atoms with E-state index in [-0.39, 0.29) is 36.1 Å². The van der Waals surface area contributed by atoms with Crippen LogP contribution in [0.15, 0.2) is 47.6 Å². The third-order valence-corrected chi connectivity index (χ3v) is 5.09. The first-order valence-corrected chi connectivity index (χ1v) is 8.58. The Morgan fingerprint density at radius 3 is 2.32 bits per heavy atom.